The zero-order valence-corrected chi connectivity index (χ0v) is 12.3. The van der Waals surface area contributed by atoms with Crippen molar-refractivity contribution in [2.24, 2.45) is 0 Å². The van der Waals surface area contributed by atoms with Gasteiger partial charge < -0.3 is 19.3 Å². The van der Waals surface area contributed by atoms with Crippen molar-refractivity contribution in [1.29, 1.82) is 0 Å². The lowest BCUT2D eigenvalue weighted by Crippen LogP contribution is -2.08. The van der Waals surface area contributed by atoms with Gasteiger partial charge in [-0.15, -0.1) is 0 Å². The van der Waals surface area contributed by atoms with Crippen LogP contribution >= 0.6 is 0 Å². The second-order valence-electron chi connectivity index (χ2n) is 5.12. The number of rotatable bonds is 7. The molecule has 1 aromatic heterocycles. The van der Waals surface area contributed by atoms with Crippen LogP contribution in [0.3, 0.4) is 0 Å². The van der Waals surface area contributed by atoms with Crippen molar-refractivity contribution in [3.8, 4) is 11.5 Å². The van der Waals surface area contributed by atoms with Gasteiger partial charge in [0.25, 0.3) is 0 Å². The zero-order chi connectivity index (χ0) is 14.7. The SMILES string of the molecule is CNCc1cc(OC)ccc1OCc1noc(C2CC2)n1. The van der Waals surface area contributed by atoms with Crippen LogP contribution in [0.25, 0.3) is 0 Å². The average molecular weight is 289 g/mol. The zero-order valence-electron chi connectivity index (χ0n) is 12.3. The second kappa shape index (κ2) is 6.13. The highest BCUT2D eigenvalue weighted by molar-refractivity contribution is 5.40. The third kappa shape index (κ3) is 3.33. The standard InChI is InChI=1S/C15H19N3O3/c1-16-8-11-7-12(19-2)5-6-13(11)20-9-14-17-15(21-18-14)10-3-4-10/h5-7,10,16H,3-4,8-9H2,1-2H3. The molecule has 1 aromatic carbocycles. The summed E-state index contributed by atoms with van der Waals surface area (Å²) in [5, 5.41) is 7.07. The summed E-state index contributed by atoms with van der Waals surface area (Å²) in [5.74, 6) is 3.39. The maximum absolute atomic E-state index is 5.81. The molecule has 0 amide bonds. The molecule has 6 nitrogen and oxygen atoms in total. The lowest BCUT2D eigenvalue weighted by Gasteiger charge is -2.11. The number of aromatic nitrogens is 2. The van der Waals surface area contributed by atoms with Gasteiger partial charge in [0, 0.05) is 18.0 Å². The molecule has 3 rings (SSSR count). The monoisotopic (exact) mass is 289 g/mol. The van der Waals surface area contributed by atoms with Gasteiger partial charge >= 0.3 is 0 Å². The van der Waals surface area contributed by atoms with Crippen molar-refractivity contribution in [3.05, 3.63) is 35.5 Å². The first-order valence-corrected chi connectivity index (χ1v) is 7.07. The van der Waals surface area contributed by atoms with Gasteiger partial charge in [-0.05, 0) is 38.1 Å². The van der Waals surface area contributed by atoms with E-state index in [0.717, 1.165) is 35.8 Å². The first-order valence-electron chi connectivity index (χ1n) is 7.07. The van der Waals surface area contributed by atoms with E-state index < -0.39 is 0 Å². The molecule has 1 aliphatic carbocycles. The highest BCUT2D eigenvalue weighted by Crippen LogP contribution is 2.38. The first-order chi connectivity index (χ1) is 10.3. The van der Waals surface area contributed by atoms with Crippen LogP contribution in [0.1, 0.15) is 36.0 Å². The van der Waals surface area contributed by atoms with Crippen LogP contribution in [-0.4, -0.2) is 24.3 Å². The van der Waals surface area contributed by atoms with E-state index in [4.69, 9.17) is 14.0 Å². The smallest absolute Gasteiger partial charge is 0.229 e. The van der Waals surface area contributed by atoms with E-state index in [1.165, 1.54) is 0 Å². The van der Waals surface area contributed by atoms with Crippen molar-refractivity contribution in [2.75, 3.05) is 14.2 Å². The second-order valence-corrected chi connectivity index (χ2v) is 5.12. The summed E-state index contributed by atoms with van der Waals surface area (Å²) >= 11 is 0. The Morgan fingerprint density at radius 1 is 1.38 bits per heavy atom. The maximum atomic E-state index is 5.81. The number of hydrogen-bond donors (Lipinski definition) is 1. The van der Waals surface area contributed by atoms with E-state index in [9.17, 15) is 0 Å². The van der Waals surface area contributed by atoms with Crippen molar-refractivity contribution in [1.82, 2.24) is 15.5 Å². The number of ether oxygens (including phenoxy) is 2. The van der Waals surface area contributed by atoms with Gasteiger partial charge in [-0.25, -0.2) is 0 Å². The van der Waals surface area contributed by atoms with Crippen molar-refractivity contribution < 1.29 is 14.0 Å². The number of hydrogen-bond acceptors (Lipinski definition) is 6. The van der Waals surface area contributed by atoms with Crippen LogP contribution in [0, 0.1) is 0 Å². The summed E-state index contributed by atoms with van der Waals surface area (Å²) in [5.41, 5.74) is 1.03. The van der Waals surface area contributed by atoms with Gasteiger partial charge in [-0.3, -0.25) is 0 Å². The Bertz CT molecular complexity index is 608. The third-order valence-corrected chi connectivity index (χ3v) is 3.40. The highest BCUT2D eigenvalue weighted by Gasteiger charge is 2.29. The van der Waals surface area contributed by atoms with Gasteiger partial charge in [-0.1, -0.05) is 5.16 Å². The number of methoxy groups -OCH3 is 1. The van der Waals surface area contributed by atoms with Crippen LogP contribution in [0.15, 0.2) is 22.7 Å². The van der Waals surface area contributed by atoms with E-state index in [0.29, 0.717) is 24.9 Å². The largest absolute Gasteiger partial charge is 0.497 e. The van der Waals surface area contributed by atoms with E-state index >= 15 is 0 Å². The molecule has 0 aliphatic heterocycles. The number of nitrogens with one attached hydrogen (secondary N) is 1. The molecule has 6 heteroatoms. The predicted molar refractivity (Wildman–Crippen MR) is 76.4 cm³/mol. The van der Waals surface area contributed by atoms with E-state index in [1.54, 1.807) is 7.11 Å². The lowest BCUT2D eigenvalue weighted by molar-refractivity contribution is 0.281. The molecule has 0 atom stereocenters. The molecule has 1 saturated carbocycles. The van der Waals surface area contributed by atoms with Crippen LogP contribution in [0.5, 0.6) is 11.5 Å². The fraction of sp³-hybridized carbons (Fsp3) is 0.467. The molecule has 1 aliphatic rings. The maximum Gasteiger partial charge on any atom is 0.229 e. The molecular formula is C15H19N3O3. The molecule has 1 fully saturated rings. The third-order valence-electron chi connectivity index (χ3n) is 3.40. The fourth-order valence-corrected chi connectivity index (χ4v) is 2.12. The average Bonchev–Trinajstić information content (AvgIpc) is 3.25. The van der Waals surface area contributed by atoms with E-state index in [1.807, 2.05) is 25.2 Å². The molecule has 1 heterocycles. The topological polar surface area (TPSA) is 69.4 Å². The van der Waals surface area contributed by atoms with E-state index in [-0.39, 0.29) is 0 Å². The molecule has 0 radical (unpaired) electrons. The molecule has 0 spiro atoms. The van der Waals surface area contributed by atoms with Gasteiger partial charge in [0.15, 0.2) is 6.61 Å². The predicted octanol–water partition coefficient (Wildman–Crippen LogP) is 2.25. The Balaban J connectivity index is 1.67. The lowest BCUT2D eigenvalue weighted by atomic mass is 10.2. The number of benzene rings is 1. The van der Waals surface area contributed by atoms with Gasteiger partial charge in [0.1, 0.15) is 11.5 Å². The minimum atomic E-state index is 0.305. The molecule has 1 N–H and O–H groups in total. The van der Waals surface area contributed by atoms with Crippen molar-refractivity contribution >= 4 is 0 Å². The quantitative estimate of drug-likeness (QED) is 0.843. The van der Waals surface area contributed by atoms with Crippen LogP contribution < -0.4 is 14.8 Å². The minimum absolute atomic E-state index is 0.305. The van der Waals surface area contributed by atoms with Gasteiger partial charge in [0.2, 0.25) is 11.7 Å². The molecule has 21 heavy (non-hydrogen) atoms. The first kappa shape index (κ1) is 13.9. The molecule has 0 bridgehead atoms. The molecule has 112 valence electrons. The summed E-state index contributed by atoms with van der Waals surface area (Å²) in [4.78, 5) is 4.35. The minimum Gasteiger partial charge on any atom is -0.497 e. The van der Waals surface area contributed by atoms with Crippen LogP contribution in [-0.2, 0) is 13.2 Å². The van der Waals surface area contributed by atoms with E-state index in [2.05, 4.69) is 15.5 Å². The summed E-state index contributed by atoms with van der Waals surface area (Å²) in [6.07, 6.45) is 2.29. The summed E-state index contributed by atoms with van der Waals surface area (Å²) < 4.78 is 16.3. The summed E-state index contributed by atoms with van der Waals surface area (Å²) in [7, 11) is 3.54. The normalized spacial score (nSPS) is 14.2. The molecule has 0 saturated heterocycles. The molecular weight excluding hydrogens is 270 g/mol. The molecule has 0 unspecified atom stereocenters. The number of nitrogens with zero attached hydrogens (tertiary/aromatic N) is 2. The van der Waals surface area contributed by atoms with Gasteiger partial charge in [-0.2, -0.15) is 4.98 Å². The Labute approximate surface area is 123 Å². The Morgan fingerprint density at radius 2 is 2.24 bits per heavy atom. The molecule has 2 aromatic rings. The summed E-state index contributed by atoms with van der Waals surface area (Å²) in [6, 6.07) is 5.73. The van der Waals surface area contributed by atoms with Crippen LogP contribution in [0.2, 0.25) is 0 Å². The fourth-order valence-electron chi connectivity index (χ4n) is 2.12. The van der Waals surface area contributed by atoms with Crippen LogP contribution in [0.4, 0.5) is 0 Å². The highest BCUT2D eigenvalue weighted by atomic mass is 16.5. The van der Waals surface area contributed by atoms with Gasteiger partial charge in [0.05, 0.1) is 7.11 Å². The Hall–Kier alpha value is -2.08. The summed E-state index contributed by atoms with van der Waals surface area (Å²) in [6.45, 7) is 1.01. The van der Waals surface area contributed by atoms with Crippen molar-refractivity contribution in [3.63, 3.8) is 0 Å². The van der Waals surface area contributed by atoms with Crippen molar-refractivity contribution in [2.45, 2.75) is 31.9 Å². The Kier molecular flexibility index (Phi) is 4.06. The Morgan fingerprint density at radius 3 is 2.95 bits per heavy atom.